The Labute approximate surface area is 172 Å². The van der Waals surface area contributed by atoms with Crippen molar-refractivity contribution in [3.05, 3.63) is 74.3 Å². The van der Waals surface area contributed by atoms with Crippen molar-refractivity contribution >= 4 is 39.8 Å². The van der Waals surface area contributed by atoms with Gasteiger partial charge in [0.15, 0.2) is 5.76 Å². The number of furan rings is 1. The maximum Gasteiger partial charge on any atom is 0.287 e. The molecule has 0 saturated carbocycles. The molecule has 0 fully saturated rings. The monoisotopic (exact) mass is 410 g/mol. The summed E-state index contributed by atoms with van der Waals surface area (Å²) in [6.45, 7) is 6.20. The van der Waals surface area contributed by atoms with Crippen molar-refractivity contribution < 1.29 is 9.21 Å². The van der Waals surface area contributed by atoms with Crippen LogP contribution in [0.2, 0.25) is 5.02 Å². The molecule has 4 rings (SSSR count). The molecule has 142 valence electrons. The maximum atomic E-state index is 12.6. The van der Waals surface area contributed by atoms with Gasteiger partial charge in [-0.1, -0.05) is 35.9 Å². The van der Waals surface area contributed by atoms with Crippen LogP contribution in [0, 0.1) is 20.8 Å². The van der Waals surface area contributed by atoms with E-state index in [0.717, 1.165) is 38.3 Å². The maximum absolute atomic E-state index is 12.6. The van der Waals surface area contributed by atoms with Gasteiger partial charge in [-0.3, -0.25) is 4.79 Å². The first-order valence-electron chi connectivity index (χ1n) is 8.91. The average molecular weight is 411 g/mol. The molecule has 0 spiro atoms. The Morgan fingerprint density at radius 1 is 1.18 bits per heavy atom. The number of aromatic nitrogens is 1. The van der Waals surface area contributed by atoms with Crippen LogP contribution in [0.3, 0.4) is 0 Å². The van der Waals surface area contributed by atoms with Crippen LogP contribution in [0.15, 0.2) is 46.2 Å². The van der Waals surface area contributed by atoms with E-state index in [-0.39, 0.29) is 5.91 Å². The molecule has 2 aromatic carbocycles. The number of hydrogen-bond donors (Lipinski definition) is 1. The molecular formula is C22H19ClN2O2S. The first-order valence-corrected chi connectivity index (χ1v) is 10.2. The molecule has 4 nitrogen and oxygen atoms in total. The summed E-state index contributed by atoms with van der Waals surface area (Å²) >= 11 is 7.84. The molecule has 0 radical (unpaired) electrons. The van der Waals surface area contributed by atoms with Gasteiger partial charge in [-0.25, -0.2) is 4.98 Å². The van der Waals surface area contributed by atoms with E-state index < -0.39 is 0 Å². The van der Waals surface area contributed by atoms with Gasteiger partial charge < -0.3 is 9.73 Å². The highest BCUT2D eigenvalue weighted by Gasteiger charge is 2.18. The van der Waals surface area contributed by atoms with Crippen molar-refractivity contribution in [3.63, 3.8) is 0 Å². The van der Waals surface area contributed by atoms with E-state index in [1.54, 1.807) is 11.3 Å². The lowest BCUT2D eigenvalue weighted by Crippen LogP contribution is -2.22. The summed E-state index contributed by atoms with van der Waals surface area (Å²) in [5.74, 6) is 0.0907. The van der Waals surface area contributed by atoms with Crippen LogP contribution >= 0.6 is 22.9 Å². The van der Waals surface area contributed by atoms with Gasteiger partial charge in [0.25, 0.3) is 5.91 Å². The molecule has 28 heavy (non-hydrogen) atoms. The van der Waals surface area contributed by atoms with Crippen LogP contribution in [0.1, 0.15) is 32.3 Å². The summed E-state index contributed by atoms with van der Waals surface area (Å²) in [4.78, 5) is 17.1. The number of benzene rings is 2. The first-order chi connectivity index (χ1) is 13.4. The van der Waals surface area contributed by atoms with E-state index in [1.807, 2.05) is 62.5 Å². The number of carbonyl (C=O) groups is 1. The largest absolute Gasteiger partial charge is 0.451 e. The topological polar surface area (TPSA) is 55.1 Å². The molecule has 0 bridgehead atoms. The summed E-state index contributed by atoms with van der Waals surface area (Å²) in [6.07, 6.45) is 0. The van der Waals surface area contributed by atoms with E-state index in [1.165, 1.54) is 0 Å². The second-order valence-corrected chi connectivity index (χ2v) is 8.25. The molecule has 0 atom stereocenters. The number of hydrogen-bond acceptors (Lipinski definition) is 4. The minimum atomic E-state index is -0.235. The van der Waals surface area contributed by atoms with Crippen LogP contribution in [0.5, 0.6) is 0 Å². The number of rotatable bonds is 4. The van der Waals surface area contributed by atoms with Crippen LogP contribution in [0.4, 0.5) is 0 Å². The van der Waals surface area contributed by atoms with Crippen LogP contribution in [-0.2, 0) is 6.54 Å². The fraction of sp³-hybridized carbons (Fsp3) is 0.182. The van der Waals surface area contributed by atoms with E-state index in [2.05, 4.69) is 10.3 Å². The predicted molar refractivity (Wildman–Crippen MR) is 114 cm³/mol. The number of carbonyl (C=O) groups excluding carboxylic acids is 1. The lowest BCUT2D eigenvalue weighted by molar-refractivity contribution is 0.0924. The Morgan fingerprint density at radius 2 is 1.93 bits per heavy atom. The Kier molecular flexibility index (Phi) is 4.96. The SMILES string of the molecule is Cc1nc(-c2ccc(CNC(=O)c3oc4cc(C)c(Cl)cc4c3C)cc2)cs1. The molecular weight excluding hydrogens is 392 g/mol. The fourth-order valence-corrected chi connectivity index (χ4v) is 3.90. The molecule has 0 aliphatic carbocycles. The quantitative estimate of drug-likeness (QED) is 0.444. The number of thiazole rings is 1. The zero-order valence-electron chi connectivity index (χ0n) is 15.8. The summed E-state index contributed by atoms with van der Waals surface area (Å²) in [5.41, 5.74) is 5.45. The zero-order valence-corrected chi connectivity index (χ0v) is 17.4. The van der Waals surface area contributed by atoms with Gasteiger partial charge in [-0.15, -0.1) is 11.3 Å². The van der Waals surface area contributed by atoms with Gasteiger partial charge in [0.2, 0.25) is 0 Å². The molecule has 4 aromatic rings. The number of nitrogens with one attached hydrogen (secondary N) is 1. The third kappa shape index (κ3) is 3.55. The van der Waals surface area contributed by atoms with Gasteiger partial charge in [0.1, 0.15) is 5.58 Å². The standard InChI is InChI=1S/C22H19ClN2O2S/c1-12-8-20-17(9-18(12)23)13(2)21(27-20)22(26)24-10-15-4-6-16(7-5-15)19-11-28-14(3)25-19/h4-9,11H,10H2,1-3H3,(H,24,26). The molecule has 0 aliphatic rings. The first kappa shape index (κ1) is 18.7. The van der Waals surface area contributed by atoms with Crippen molar-refractivity contribution in [1.82, 2.24) is 10.3 Å². The molecule has 0 aliphatic heterocycles. The minimum absolute atomic E-state index is 0.235. The number of nitrogens with zero attached hydrogens (tertiary/aromatic N) is 1. The highest BCUT2D eigenvalue weighted by atomic mass is 35.5. The number of halogens is 1. The molecule has 1 N–H and O–H groups in total. The Bertz CT molecular complexity index is 1180. The Hall–Kier alpha value is -2.63. The lowest BCUT2D eigenvalue weighted by atomic mass is 10.1. The number of fused-ring (bicyclic) bond motifs is 1. The minimum Gasteiger partial charge on any atom is -0.451 e. The molecule has 0 saturated heterocycles. The van der Waals surface area contributed by atoms with Crippen LogP contribution in [-0.4, -0.2) is 10.9 Å². The second-order valence-electron chi connectivity index (χ2n) is 6.79. The van der Waals surface area contributed by atoms with E-state index in [0.29, 0.717) is 22.9 Å². The van der Waals surface area contributed by atoms with Crippen LogP contribution in [0.25, 0.3) is 22.2 Å². The van der Waals surface area contributed by atoms with Crippen molar-refractivity contribution in [2.45, 2.75) is 27.3 Å². The van der Waals surface area contributed by atoms with Gasteiger partial charge >= 0.3 is 0 Å². The fourth-order valence-electron chi connectivity index (χ4n) is 3.11. The van der Waals surface area contributed by atoms with Crippen molar-refractivity contribution in [2.75, 3.05) is 0 Å². The average Bonchev–Trinajstić information content (AvgIpc) is 3.25. The third-order valence-corrected chi connectivity index (χ3v) is 5.93. The highest BCUT2D eigenvalue weighted by Crippen LogP contribution is 2.30. The summed E-state index contributed by atoms with van der Waals surface area (Å²) < 4.78 is 5.79. The van der Waals surface area contributed by atoms with Gasteiger partial charge in [-0.05, 0) is 44.0 Å². The Morgan fingerprint density at radius 3 is 2.61 bits per heavy atom. The van der Waals surface area contributed by atoms with Gasteiger partial charge in [-0.2, -0.15) is 0 Å². The zero-order chi connectivity index (χ0) is 19.8. The van der Waals surface area contributed by atoms with Gasteiger partial charge in [0, 0.05) is 33.5 Å². The van der Waals surface area contributed by atoms with Crippen LogP contribution < -0.4 is 5.32 Å². The second kappa shape index (κ2) is 7.41. The van der Waals surface area contributed by atoms with Crippen molar-refractivity contribution in [3.8, 4) is 11.3 Å². The lowest BCUT2D eigenvalue weighted by Gasteiger charge is -2.05. The molecule has 1 amide bonds. The van der Waals surface area contributed by atoms with E-state index >= 15 is 0 Å². The highest BCUT2D eigenvalue weighted by molar-refractivity contribution is 7.09. The third-order valence-electron chi connectivity index (χ3n) is 4.75. The number of aryl methyl sites for hydroxylation is 3. The van der Waals surface area contributed by atoms with E-state index in [4.69, 9.17) is 16.0 Å². The predicted octanol–water partition coefficient (Wildman–Crippen LogP) is 6.06. The molecule has 0 unspecified atom stereocenters. The molecule has 2 aromatic heterocycles. The number of amides is 1. The van der Waals surface area contributed by atoms with Crippen molar-refractivity contribution in [2.24, 2.45) is 0 Å². The molecule has 6 heteroatoms. The van der Waals surface area contributed by atoms with Gasteiger partial charge in [0.05, 0.1) is 10.7 Å². The Balaban J connectivity index is 1.48. The molecule has 2 heterocycles. The summed E-state index contributed by atoms with van der Waals surface area (Å²) in [7, 11) is 0. The van der Waals surface area contributed by atoms with E-state index in [9.17, 15) is 4.79 Å². The normalized spacial score (nSPS) is 11.1. The smallest absolute Gasteiger partial charge is 0.287 e. The summed E-state index contributed by atoms with van der Waals surface area (Å²) in [6, 6.07) is 11.7. The van der Waals surface area contributed by atoms with Crippen molar-refractivity contribution in [1.29, 1.82) is 0 Å². The summed E-state index contributed by atoms with van der Waals surface area (Å²) in [5, 5.41) is 7.55.